The van der Waals surface area contributed by atoms with E-state index in [4.69, 9.17) is 9.47 Å². The van der Waals surface area contributed by atoms with Gasteiger partial charge in [-0.25, -0.2) is 4.39 Å². The molecule has 1 aliphatic heterocycles. The van der Waals surface area contributed by atoms with Crippen LogP contribution >= 0.6 is 0 Å². The van der Waals surface area contributed by atoms with Gasteiger partial charge in [0.1, 0.15) is 6.10 Å². The second-order valence-corrected chi connectivity index (χ2v) is 6.08. The van der Waals surface area contributed by atoms with Gasteiger partial charge >= 0.3 is 0 Å². The molecule has 3 atom stereocenters. The monoisotopic (exact) mass is 324 g/mol. The smallest absolute Gasteiger partial charge is 0.251 e. The van der Waals surface area contributed by atoms with Crippen molar-refractivity contribution in [2.24, 2.45) is 0 Å². The van der Waals surface area contributed by atoms with Crippen molar-refractivity contribution in [2.75, 3.05) is 27.7 Å². The van der Waals surface area contributed by atoms with Gasteiger partial charge in [-0.2, -0.15) is 0 Å². The van der Waals surface area contributed by atoms with E-state index in [1.54, 1.807) is 25.1 Å². The zero-order chi connectivity index (χ0) is 17.0. The molecule has 1 amide bonds. The second kappa shape index (κ2) is 7.75. The molecule has 1 saturated heterocycles. The fourth-order valence-electron chi connectivity index (χ4n) is 2.70. The Morgan fingerprint density at radius 2 is 2.22 bits per heavy atom. The molecule has 0 bridgehead atoms. The summed E-state index contributed by atoms with van der Waals surface area (Å²) in [4.78, 5) is 13.4. The molecule has 0 saturated carbocycles. The predicted molar refractivity (Wildman–Crippen MR) is 86.0 cm³/mol. The third-order valence-corrected chi connectivity index (χ3v) is 4.15. The zero-order valence-corrected chi connectivity index (χ0v) is 14.1. The van der Waals surface area contributed by atoms with E-state index in [2.05, 4.69) is 5.32 Å². The number of likely N-dealkylation sites (N-methyl/N-ethyl adjacent to an activating group) is 1. The SMILES string of the molecule is COc1ccc(C(C)NCC2CCC(C(=O)N(C)C)O2)cc1F. The molecule has 6 heteroatoms. The van der Waals surface area contributed by atoms with Gasteiger partial charge in [0.2, 0.25) is 0 Å². The number of carbonyl (C=O) groups is 1. The number of nitrogens with zero attached hydrogens (tertiary/aromatic N) is 1. The summed E-state index contributed by atoms with van der Waals surface area (Å²) in [6.45, 7) is 2.60. The minimum absolute atomic E-state index is 0.00875. The maximum absolute atomic E-state index is 13.7. The second-order valence-electron chi connectivity index (χ2n) is 6.08. The molecule has 1 heterocycles. The molecule has 1 N–H and O–H groups in total. The molecule has 0 aromatic heterocycles. The molecule has 1 fully saturated rings. The highest BCUT2D eigenvalue weighted by Crippen LogP contribution is 2.23. The quantitative estimate of drug-likeness (QED) is 0.871. The lowest BCUT2D eigenvalue weighted by Crippen LogP contribution is -2.35. The van der Waals surface area contributed by atoms with Crippen LogP contribution in [0.1, 0.15) is 31.4 Å². The average molecular weight is 324 g/mol. The van der Waals surface area contributed by atoms with E-state index < -0.39 is 0 Å². The Labute approximate surface area is 136 Å². The van der Waals surface area contributed by atoms with Gasteiger partial charge in [0.25, 0.3) is 5.91 Å². The van der Waals surface area contributed by atoms with Crippen LogP contribution in [0, 0.1) is 5.82 Å². The van der Waals surface area contributed by atoms with Gasteiger partial charge < -0.3 is 19.7 Å². The number of nitrogens with one attached hydrogen (secondary N) is 1. The fraction of sp³-hybridized carbons (Fsp3) is 0.588. The molecular weight excluding hydrogens is 299 g/mol. The molecule has 5 nitrogen and oxygen atoms in total. The van der Waals surface area contributed by atoms with E-state index in [9.17, 15) is 9.18 Å². The van der Waals surface area contributed by atoms with Crippen LogP contribution in [0.4, 0.5) is 4.39 Å². The van der Waals surface area contributed by atoms with Crippen molar-refractivity contribution in [3.8, 4) is 5.75 Å². The maximum atomic E-state index is 13.7. The Kier molecular flexibility index (Phi) is 5.96. The maximum Gasteiger partial charge on any atom is 0.251 e. The standard InChI is InChI=1S/C17H25FN2O3/c1-11(12-5-7-15(22-4)14(18)9-12)19-10-13-6-8-16(23-13)17(21)20(2)3/h5,7,9,11,13,16,19H,6,8,10H2,1-4H3. The number of hydrogen-bond donors (Lipinski definition) is 1. The lowest BCUT2D eigenvalue weighted by Gasteiger charge is -2.20. The first-order chi connectivity index (χ1) is 10.9. The summed E-state index contributed by atoms with van der Waals surface area (Å²) in [5.41, 5.74) is 0.849. The minimum Gasteiger partial charge on any atom is -0.494 e. The zero-order valence-electron chi connectivity index (χ0n) is 14.1. The van der Waals surface area contributed by atoms with E-state index >= 15 is 0 Å². The van der Waals surface area contributed by atoms with Gasteiger partial charge in [0.15, 0.2) is 11.6 Å². The van der Waals surface area contributed by atoms with Crippen LogP contribution in [0.2, 0.25) is 0 Å². The number of carbonyl (C=O) groups excluding carboxylic acids is 1. The number of ether oxygens (including phenoxy) is 2. The molecule has 0 radical (unpaired) electrons. The number of amides is 1. The van der Waals surface area contributed by atoms with E-state index in [-0.39, 0.29) is 35.7 Å². The van der Waals surface area contributed by atoms with Gasteiger partial charge in [-0.3, -0.25) is 4.79 Å². The number of halogens is 1. The molecule has 23 heavy (non-hydrogen) atoms. The van der Waals surface area contributed by atoms with Crippen molar-refractivity contribution < 1.29 is 18.7 Å². The van der Waals surface area contributed by atoms with E-state index in [1.165, 1.54) is 13.2 Å². The first-order valence-corrected chi connectivity index (χ1v) is 7.85. The Hall–Kier alpha value is -1.66. The number of benzene rings is 1. The Morgan fingerprint density at radius 1 is 1.48 bits per heavy atom. The lowest BCUT2D eigenvalue weighted by molar-refractivity contribution is -0.140. The van der Waals surface area contributed by atoms with Crippen LogP contribution in [-0.2, 0) is 9.53 Å². The van der Waals surface area contributed by atoms with Crippen LogP contribution < -0.4 is 10.1 Å². The normalized spacial score (nSPS) is 22.0. The third kappa shape index (κ3) is 4.42. The van der Waals surface area contributed by atoms with E-state index in [0.717, 1.165) is 18.4 Å². The van der Waals surface area contributed by atoms with Crippen molar-refractivity contribution in [1.82, 2.24) is 10.2 Å². The van der Waals surface area contributed by atoms with Crippen molar-refractivity contribution in [3.05, 3.63) is 29.6 Å². The minimum atomic E-state index is -0.368. The van der Waals surface area contributed by atoms with Crippen LogP contribution in [0.5, 0.6) is 5.75 Å². The van der Waals surface area contributed by atoms with Crippen LogP contribution in [-0.4, -0.2) is 50.8 Å². The highest BCUT2D eigenvalue weighted by Gasteiger charge is 2.31. The molecule has 2 rings (SSSR count). The predicted octanol–water partition coefficient (Wildman–Crippen LogP) is 2.12. The molecule has 1 aromatic rings. The van der Waals surface area contributed by atoms with Gasteiger partial charge in [0.05, 0.1) is 13.2 Å². The van der Waals surface area contributed by atoms with Gasteiger partial charge in [-0.1, -0.05) is 6.07 Å². The first kappa shape index (κ1) is 17.7. The van der Waals surface area contributed by atoms with Gasteiger partial charge in [0, 0.05) is 26.7 Å². The van der Waals surface area contributed by atoms with Crippen molar-refractivity contribution in [3.63, 3.8) is 0 Å². The van der Waals surface area contributed by atoms with Crippen molar-refractivity contribution in [2.45, 2.75) is 38.0 Å². The average Bonchev–Trinajstić information content (AvgIpc) is 3.00. The van der Waals surface area contributed by atoms with Crippen LogP contribution in [0.3, 0.4) is 0 Å². The van der Waals surface area contributed by atoms with Gasteiger partial charge in [-0.15, -0.1) is 0 Å². The first-order valence-electron chi connectivity index (χ1n) is 7.85. The van der Waals surface area contributed by atoms with Crippen LogP contribution in [0.15, 0.2) is 18.2 Å². The molecule has 0 spiro atoms. The highest BCUT2D eigenvalue weighted by molar-refractivity contribution is 5.80. The summed E-state index contributed by atoms with van der Waals surface area (Å²) in [5, 5.41) is 3.34. The number of methoxy groups -OCH3 is 1. The molecule has 128 valence electrons. The van der Waals surface area contributed by atoms with Gasteiger partial charge in [-0.05, 0) is 37.5 Å². The van der Waals surface area contributed by atoms with E-state index in [1.807, 2.05) is 13.0 Å². The van der Waals surface area contributed by atoms with Crippen molar-refractivity contribution in [1.29, 1.82) is 0 Å². The van der Waals surface area contributed by atoms with E-state index in [0.29, 0.717) is 6.54 Å². The Bertz CT molecular complexity index is 551. The molecule has 0 aliphatic carbocycles. The molecule has 3 unspecified atom stereocenters. The molecule has 1 aromatic carbocycles. The number of hydrogen-bond acceptors (Lipinski definition) is 4. The highest BCUT2D eigenvalue weighted by atomic mass is 19.1. The molecular formula is C17H25FN2O3. The topological polar surface area (TPSA) is 50.8 Å². The summed E-state index contributed by atoms with van der Waals surface area (Å²) >= 11 is 0. The largest absolute Gasteiger partial charge is 0.494 e. The summed E-state index contributed by atoms with van der Waals surface area (Å²) in [5.74, 6) is -0.115. The summed E-state index contributed by atoms with van der Waals surface area (Å²) in [6.07, 6.45) is 1.26. The Morgan fingerprint density at radius 3 is 2.83 bits per heavy atom. The lowest BCUT2D eigenvalue weighted by atomic mass is 10.1. The van der Waals surface area contributed by atoms with Crippen LogP contribution in [0.25, 0.3) is 0 Å². The summed E-state index contributed by atoms with van der Waals surface area (Å²) in [7, 11) is 4.91. The summed E-state index contributed by atoms with van der Waals surface area (Å²) < 4.78 is 24.5. The third-order valence-electron chi connectivity index (χ3n) is 4.15. The summed E-state index contributed by atoms with van der Waals surface area (Å²) in [6, 6.07) is 4.93. The number of rotatable bonds is 6. The van der Waals surface area contributed by atoms with Crippen molar-refractivity contribution >= 4 is 5.91 Å². The Balaban J connectivity index is 1.84. The fourth-order valence-corrected chi connectivity index (χ4v) is 2.70. The molecule has 1 aliphatic rings.